The second-order valence-corrected chi connectivity index (χ2v) is 3.36. The lowest BCUT2D eigenvalue weighted by atomic mass is 9.83. The van der Waals surface area contributed by atoms with Crippen LogP contribution >= 0.6 is 0 Å². The van der Waals surface area contributed by atoms with Gasteiger partial charge in [0.1, 0.15) is 0 Å². The first-order valence-electron chi connectivity index (χ1n) is 4.55. The van der Waals surface area contributed by atoms with Gasteiger partial charge in [-0.2, -0.15) is 0 Å². The molecule has 0 amide bonds. The third-order valence-electron chi connectivity index (χ3n) is 2.46. The van der Waals surface area contributed by atoms with Crippen LogP contribution in [0.5, 0.6) is 0 Å². The second-order valence-electron chi connectivity index (χ2n) is 3.36. The Morgan fingerprint density at radius 1 is 0.750 bits per heavy atom. The highest BCUT2D eigenvalue weighted by Crippen LogP contribution is 2.19. The zero-order valence-electron chi connectivity index (χ0n) is 7.76. The van der Waals surface area contributed by atoms with Crippen molar-refractivity contribution >= 4 is 0 Å². The van der Waals surface area contributed by atoms with Gasteiger partial charge in [-0.1, -0.05) is 6.42 Å². The minimum Gasteiger partial charge on any atom is -0.330 e. The van der Waals surface area contributed by atoms with Gasteiger partial charge >= 0.3 is 0 Å². The van der Waals surface area contributed by atoms with E-state index in [0.717, 1.165) is 25.8 Å². The summed E-state index contributed by atoms with van der Waals surface area (Å²) in [5, 5.41) is 0. The molecular weight excluding hydrogens is 152 g/mol. The van der Waals surface area contributed by atoms with Crippen molar-refractivity contribution in [2.75, 3.05) is 26.2 Å². The molecule has 4 nitrogen and oxygen atoms in total. The molecule has 0 aliphatic carbocycles. The first-order valence-corrected chi connectivity index (χ1v) is 4.55. The molecular formula is C8H22N4. The molecule has 74 valence electrons. The predicted molar refractivity (Wildman–Crippen MR) is 52.5 cm³/mol. The SMILES string of the molecule is NCCCCC(CN)(CN)CN. The van der Waals surface area contributed by atoms with E-state index in [4.69, 9.17) is 22.9 Å². The molecule has 0 aromatic rings. The summed E-state index contributed by atoms with van der Waals surface area (Å²) >= 11 is 0. The highest BCUT2D eigenvalue weighted by Gasteiger charge is 2.24. The lowest BCUT2D eigenvalue weighted by molar-refractivity contribution is 0.285. The molecule has 0 unspecified atom stereocenters. The van der Waals surface area contributed by atoms with Crippen LogP contribution in [-0.2, 0) is 0 Å². The molecule has 12 heavy (non-hydrogen) atoms. The zero-order chi connectivity index (χ0) is 9.45. The Hall–Kier alpha value is -0.160. The summed E-state index contributed by atoms with van der Waals surface area (Å²) in [5.41, 5.74) is 22.2. The van der Waals surface area contributed by atoms with Gasteiger partial charge in [0.2, 0.25) is 0 Å². The molecule has 0 fully saturated rings. The standard InChI is InChI=1S/C8H22N4/c9-4-2-1-3-8(5-10,6-11)7-12/h1-7,9-12H2. The number of hydrogen-bond acceptors (Lipinski definition) is 4. The number of unbranched alkanes of at least 4 members (excludes halogenated alkanes) is 1. The first-order chi connectivity index (χ1) is 5.74. The largest absolute Gasteiger partial charge is 0.330 e. The Morgan fingerprint density at radius 2 is 1.25 bits per heavy atom. The summed E-state index contributed by atoms with van der Waals surface area (Å²) in [7, 11) is 0. The second kappa shape index (κ2) is 6.37. The molecule has 0 aromatic carbocycles. The zero-order valence-corrected chi connectivity index (χ0v) is 7.76. The summed E-state index contributed by atoms with van der Waals surface area (Å²) < 4.78 is 0. The Bertz CT molecular complexity index is 93.0. The van der Waals surface area contributed by atoms with Crippen molar-refractivity contribution in [2.24, 2.45) is 28.3 Å². The molecule has 8 N–H and O–H groups in total. The van der Waals surface area contributed by atoms with Crippen LogP contribution in [0.15, 0.2) is 0 Å². The third-order valence-corrected chi connectivity index (χ3v) is 2.46. The van der Waals surface area contributed by atoms with Crippen LogP contribution in [0.25, 0.3) is 0 Å². The normalized spacial score (nSPS) is 12.0. The van der Waals surface area contributed by atoms with E-state index in [1.54, 1.807) is 0 Å². The molecule has 0 bridgehead atoms. The lowest BCUT2D eigenvalue weighted by Gasteiger charge is -2.29. The summed E-state index contributed by atoms with van der Waals surface area (Å²) in [5.74, 6) is 0. The van der Waals surface area contributed by atoms with E-state index in [1.165, 1.54) is 0 Å². The maximum absolute atomic E-state index is 5.62. The van der Waals surface area contributed by atoms with Gasteiger partial charge in [-0.05, 0) is 19.4 Å². The molecule has 0 spiro atoms. The fraction of sp³-hybridized carbons (Fsp3) is 1.00. The van der Waals surface area contributed by atoms with Gasteiger partial charge in [0.05, 0.1) is 0 Å². The Morgan fingerprint density at radius 3 is 1.58 bits per heavy atom. The van der Waals surface area contributed by atoms with Gasteiger partial charge in [-0.25, -0.2) is 0 Å². The molecule has 0 aromatic heterocycles. The summed E-state index contributed by atoms with van der Waals surface area (Å²) in [4.78, 5) is 0. The van der Waals surface area contributed by atoms with E-state index in [0.29, 0.717) is 19.6 Å². The first kappa shape index (κ1) is 11.8. The van der Waals surface area contributed by atoms with Crippen LogP contribution < -0.4 is 22.9 Å². The Kier molecular flexibility index (Phi) is 6.28. The molecule has 0 saturated heterocycles. The molecule has 0 atom stereocenters. The van der Waals surface area contributed by atoms with Gasteiger partial charge in [-0.3, -0.25) is 0 Å². The smallest absolute Gasteiger partial charge is 0.00705 e. The van der Waals surface area contributed by atoms with Crippen molar-refractivity contribution in [3.8, 4) is 0 Å². The fourth-order valence-corrected chi connectivity index (χ4v) is 1.20. The van der Waals surface area contributed by atoms with E-state index in [2.05, 4.69) is 0 Å². The monoisotopic (exact) mass is 174 g/mol. The van der Waals surface area contributed by atoms with Crippen molar-refractivity contribution < 1.29 is 0 Å². The third kappa shape index (κ3) is 3.49. The van der Waals surface area contributed by atoms with Crippen molar-refractivity contribution in [3.63, 3.8) is 0 Å². The highest BCUT2D eigenvalue weighted by molar-refractivity contribution is 4.82. The minimum atomic E-state index is -0.0465. The van der Waals surface area contributed by atoms with E-state index < -0.39 is 0 Å². The average molecular weight is 174 g/mol. The highest BCUT2D eigenvalue weighted by atomic mass is 14.7. The topological polar surface area (TPSA) is 104 Å². The Balaban J connectivity index is 3.76. The van der Waals surface area contributed by atoms with Crippen molar-refractivity contribution in [3.05, 3.63) is 0 Å². The quantitative estimate of drug-likeness (QED) is 0.371. The summed E-state index contributed by atoms with van der Waals surface area (Å²) in [6.45, 7) is 2.45. The molecule has 4 heteroatoms. The van der Waals surface area contributed by atoms with Crippen LogP contribution in [0, 0.1) is 5.41 Å². The summed E-state index contributed by atoms with van der Waals surface area (Å²) in [6, 6.07) is 0. The van der Waals surface area contributed by atoms with Gasteiger partial charge < -0.3 is 22.9 Å². The van der Waals surface area contributed by atoms with E-state index in [-0.39, 0.29) is 5.41 Å². The molecule has 0 radical (unpaired) electrons. The van der Waals surface area contributed by atoms with E-state index >= 15 is 0 Å². The van der Waals surface area contributed by atoms with Gasteiger partial charge in [0.25, 0.3) is 0 Å². The van der Waals surface area contributed by atoms with E-state index in [1.807, 2.05) is 0 Å². The molecule has 0 aliphatic heterocycles. The number of nitrogens with two attached hydrogens (primary N) is 4. The lowest BCUT2D eigenvalue weighted by Crippen LogP contribution is -2.44. The predicted octanol–water partition coefficient (Wildman–Crippen LogP) is -1.02. The van der Waals surface area contributed by atoms with Crippen LogP contribution in [0.1, 0.15) is 19.3 Å². The number of hydrogen-bond donors (Lipinski definition) is 4. The fourth-order valence-electron chi connectivity index (χ4n) is 1.20. The maximum atomic E-state index is 5.62. The summed E-state index contributed by atoms with van der Waals surface area (Å²) in [6.07, 6.45) is 3.09. The molecule has 0 aliphatic rings. The van der Waals surface area contributed by atoms with Crippen LogP contribution in [0.2, 0.25) is 0 Å². The van der Waals surface area contributed by atoms with Crippen LogP contribution in [0.4, 0.5) is 0 Å². The molecule has 0 saturated carbocycles. The van der Waals surface area contributed by atoms with Gasteiger partial charge in [0.15, 0.2) is 0 Å². The van der Waals surface area contributed by atoms with Crippen LogP contribution in [-0.4, -0.2) is 26.2 Å². The van der Waals surface area contributed by atoms with Crippen LogP contribution in [0.3, 0.4) is 0 Å². The van der Waals surface area contributed by atoms with Gasteiger partial charge in [-0.15, -0.1) is 0 Å². The average Bonchev–Trinajstić information content (AvgIpc) is 2.14. The van der Waals surface area contributed by atoms with Crippen molar-refractivity contribution in [2.45, 2.75) is 19.3 Å². The number of rotatable bonds is 7. The maximum Gasteiger partial charge on any atom is 0.00705 e. The van der Waals surface area contributed by atoms with E-state index in [9.17, 15) is 0 Å². The Labute approximate surface area is 74.7 Å². The van der Waals surface area contributed by atoms with Crippen molar-refractivity contribution in [1.29, 1.82) is 0 Å². The molecule has 0 heterocycles. The minimum absolute atomic E-state index is 0.0465. The van der Waals surface area contributed by atoms with Gasteiger partial charge in [0, 0.05) is 25.0 Å². The van der Waals surface area contributed by atoms with Crippen molar-refractivity contribution in [1.82, 2.24) is 0 Å². The molecule has 0 rings (SSSR count).